The Morgan fingerprint density at radius 3 is 2.81 bits per heavy atom. The molecule has 2 amide bonds. The number of rotatable bonds is 8. The average molecular weight is 368 g/mol. The first-order chi connectivity index (χ1) is 13.2. The highest BCUT2D eigenvalue weighted by atomic mass is 16.5. The van der Waals surface area contributed by atoms with E-state index in [9.17, 15) is 4.79 Å². The number of nitrogens with zero attached hydrogens (tertiary/aromatic N) is 5. The maximum absolute atomic E-state index is 12.7. The van der Waals surface area contributed by atoms with Crippen LogP contribution in [0.4, 0.5) is 4.79 Å². The summed E-state index contributed by atoms with van der Waals surface area (Å²) < 4.78 is 7.03. The van der Waals surface area contributed by atoms with Crippen molar-refractivity contribution in [1.82, 2.24) is 30.1 Å². The third kappa shape index (κ3) is 5.16. The van der Waals surface area contributed by atoms with Crippen LogP contribution in [0.1, 0.15) is 36.4 Å². The van der Waals surface area contributed by atoms with E-state index in [0.29, 0.717) is 25.3 Å². The van der Waals surface area contributed by atoms with E-state index >= 15 is 0 Å². The van der Waals surface area contributed by atoms with Crippen LogP contribution < -0.4 is 5.32 Å². The summed E-state index contributed by atoms with van der Waals surface area (Å²) in [7, 11) is 1.74. The fourth-order valence-corrected chi connectivity index (χ4v) is 2.78. The SMILES string of the molecule is CCc1cc(CN(C)C(=O)N[C@H](CCn2cncn2)c2ccccc2)on1. The molecule has 2 aromatic heterocycles. The lowest BCUT2D eigenvalue weighted by Gasteiger charge is -2.23. The number of nitrogens with one attached hydrogen (secondary N) is 1. The molecule has 0 saturated heterocycles. The summed E-state index contributed by atoms with van der Waals surface area (Å²) in [5, 5.41) is 11.2. The fourth-order valence-electron chi connectivity index (χ4n) is 2.78. The van der Waals surface area contributed by atoms with E-state index in [0.717, 1.165) is 17.7 Å². The molecule has 0 aliphatic carbocycles. The van der Waals surface area contributed by atoms with Crippen molar-refractivity contribution < 1.29 is 9.32 Å². The molecule has 0 bridgehead atoms. The van der Waals surface area contributed by atoms with Gasteiger partial charge in [-0.25, -0.2) is 9.78 Å². The van der Waals surface area contributed by atoms with Crippen LogP contribution in [-0.4, -0.2) is 37.9 Å². The quantitative estimate of drug-likeness (QED) is 0.660. The van der Waals surface area contributed by atoms with Crippen molar-refractivity contribution in [1.29, 1.82) is 0 Å². The second-order valence-corrected chi connectivity index (χ2v) is 6.35. The van der Waals surface area contributed by atoms with Gasteiger partial charge < -0.3 is 14.7 Å². The van der Waals surface area contributed by atoms with E-state index in [4.69, 9.17) is 4.52 Å². The second kappa shape index (κ2) is 8.98. The minimum atomic E-state index is -0.170. The lowest BCUT2D eigenvalue weighted by atomic mass is 10.0. The summed E-state index contributed by atoms with van der Waals surface area (Å²) in [4.78, 5) is 18.2. The molecule has 0 aliphatic heterocycles. The first kappa shape index (κ1) is 18.6. The Kier molecular flexibility index (Phi) is 6.19. The van der Waals surface area contributed by atoms with Crippen molar-refractivity contribution >= 4 is 6.03 Å². The van der Waals surface area contributed by atoms with E-state index in [1.165, 1.54) is 6.33 Å². The second-order valence-electron chi connectivity index (χ2n) is 6.35. The zero-order valence-corrected chi connectivity index (χ0v) is 15.6. The smallest absolute Gasteiger partial charge is 0.318 e. The number of hydrogen-bond donors (Lipinski definition) is 1. The van der Waals surface area contributed by atoms with Gasteiger partial charge in [0.15, 0.2) is 5.76 Å². The monoisotopic (exact) mass is 368 g/mol. The number of carbonyl (C=O) groups is 1. The van der Waals surface area contributed by atoms with E-state index < -0.39 is 0 Å². The number of carbonyl (C=O) groups excluding carboxylic acids is 1. The van der Waals surface area contributed by atoms with Gasteiger partial charge in [0.25, 0.3) is 0 Å². The largest absolute Gasteiger partial charge is 0.359 e. The van der Waals surface area contributed by atoms with Crippen LogP contribution in [0.2, 0.25) is 0 Å². The molecule has 1 N–H and O–H groups in total. The highest BCUT2D eigenvalue weighted by Gasteiger charge is 2.18. The van der Waals surface area contributed by atoms with Crippen molar-refractivity contribution in [2.45, 2.75) is 38.9 Å². The van der Waals surface area contributed by atoms with Crippen molar-refractivity contribution in [2.24, 2.45) is 0 Å². The van der Waals surface area contributed by atoms with Gasteiger partial charge in [0, 0.05) is 19.7 Å². The fraction of sp³-hybridized carbons (Fsp3) is 0.368. The van der Waals surface area contributed by atoms with Gasteiger partial charge in [-0.1, -0.05) is 42.4 Å². The third-order valence-electron chi connectivity index (χ3n) is 4.32. The summed E-state index contributed by atoms with van der Waals surface area (Å²) in [5.74, 6) is 0.670. The van der Waals surface area contributed by atoms with E-state index in [-0.39, 0.29) is 12.1 Å². The molecule has 0 radical (unpaired) electrons. The van der Waals surface area contributed by atoms with Gasteiger partial charge in [-0.05, 0) is 18.4 Å². The van der Waals surface area contributed by atoms with Crippen molar-refractivity contribution in [3.8, 4) is 0 Å². The van der Waals surface area contributed by atoms with Crippen molar-refractivity contribution in [3.63, 3.8) is 0 Å². The minimum absolute atomic E-state index is 0.133. The molecule has 0 saturated carbocycles. The first-order valence-corrected chi connectivity index (χ1v) is 8.99. The molecule has 142 valence electrons. The molecular weight excluding hydrogens is 344 g/mol. The van der Waals surface area contributed by atoms with E-state index in [1.54, 1.807) is 23.0 Å². The molecule has 1 aromatic carbocycles. The van der Waals surface area contributed by atoms with Gasteiger partial charge in [-0.15, -0.1) is 0 Å². The van der Waals surface area contributed by atoms with Gasteiger partial charge in [0.05, 0.1) is 18.3 Å². The Labute approximate surface area is 158 Å². The maximum atomic E-state index is 12.7. The normalized spacial score (nSPS) is 11.9. The Hall–Kier alpha value is -3.16. The van der Waals surface area contributed by atoms with Crippen molar-refractivity contribution in [2.75, 3.05) is 7.05 Å². The van der Waals surface area contributed by atoms with Crippen LogP contribution >= 0.6 is 0 Å². The number of amides is 2. The standard InChI is InChI=1S/C19H24N6O2/c1-3-16-11-17(27-23-16)12-24(2)19(26)22-18(15-7-5-4-6-8-15)9-10-25-14-20-13-21-25/h4-8,11,13-14,18H,3,9-10,12H2,1-2H3,(H,22,26)/t18-/m1/s1. The molecule has 0 fully saturated rings. The molecule has 8 nitrogen and oxygen atoms in total. The Morgan fingerprint density at radius 1 is 1.33 bits per heavy atom. The highest BCUT2D eigenvalue weighted by molar-refractivity contribution is 5.74. The molecule has 3 aromatic rings. The number of urea groups is 1. The number of hydrogen-bond acceptors (Lipinski definition) is 5. The van der Waals surface area contributed by atoms with E-state index in [2.05, 4.69) is 20.6 Å². The molecular formula is C19H24N6O2. The van der Waals surface area contributed by atoms with Crippen molar-refractivity contribution in [3.05, 3.63) is 66.1 Å². The van der Waals surface area contributed by atoms with Gasteiger partial charge >= 0.3 is 6.03 Å². The molecule has 0 aliphatic rings. The first-order valence-electron chi connectivity index (χ1n) is 8.99. The topological polar surface area (TPSA) is 89.1 Å². The summed E-state index contributed by atoms with van der Waals surface area (Å²) in [5.41, 5.74) is 1.93. The number of aromatic nitrogens is 4. The third-order valence-corrected chi connectivity index (χ3v) is 4.32. The van der Waals surface area contributed by atoms with Gasteiger partial charge in [-0.2, -0.15) is 5.10 Å². The molecule has 3 rings (SSSR count). The molecule has 27 heavy (non-hydrogen) atoms. The zero-order valence-electron chi connectivity index (χ0n) is 15.6. The molecule has 0 unspecified atom stereocenters. The lowest BCUT2D eigenvalue weighted by Crippen LogP contribution is -2.39. The Balaban J connectivity index is 1.63. The number of benzene rings is 1. The Bertz CT molecular complexity index is 831. The predicted octanol–water partition coefficient (Wildman–Crippen LogP) is 2.80. The lowest BCUT2D eigenvalue weighted by molar-refractivity contribution is 0.195. The molecule has 0 spiro atoms. The molecule has 8 heteroatoms. The average Bonchev–Trinajstić information content (AvgIpc) is 3.37. The van der Waals surface area contributed by atoms with Crippen LogP contribution in [0.3, 0.4) is 0 Å². The van der Waals surface area contributed by atoms with Gasteiger partial charge in [0.1, 0.15) is 12.7 Å². The summed E-state index contributed by atoms with van der Waals surface area (Å²) in [6.45, 7) is 3.03. The Morgan fingerprint density at radius 2 is 2.15 bits per heavy atom. The molecule has 2 heterocycles. The summed E-state index contributed by atoms with van der Waals surface area (Å²) in [6.07, 6.45) is 4.68. The van der Waals surface area contributed by atoms with Crippen LogP contribution in [0.25, 0.3) is 0 Å². The summed E-state index contributed by atoms with van der Waals surface area (Å²) in [6, 6.07) is 11.5. The predicted molar refractivity (Wildman–Crippen MR) is 99.7 cm³/mol. The van der Waals surface area contributed by atoms with Crippen LogP contribution in [0, 0.1) is 0 Å². The zero-order chi connectivity index (χ0) is 19.1. The van der Waals surface area contributed by atoms with E-state index in [1.807, 2.05) is 43.3 Å². The van der Waals surface area contributed by atoms with Crippen LogP contribution in [0.5, 0.6) is 0 Å². The maximum Gasteiger partial charge on any atom is 0.318 e. The van der Waals surface area contributed by atoms with Gasteiger partial charge in [0.2, 0.25) is 0 Å². The van der Waals surface area contributed by atoms with Crippen LogP contribution in [-0.2, 0) is 19.5 Å². The minimum Gasteiger partial charge on any atom is -0.359 e. The van der Waals surface area contributed by atoms with Gasteiger partial charge in [-0.3, -0.25) is 4.68 Å². The van der Waals surface area contributed by atoms with Crippen LogP contribution in [0.15, 0.2) is 53.6 Å². The number of aryl methyl sites for hydroxylation is 2. The highest BCUT2D eigenvalue weighted by Crippen LogP contribution is 2.18. The summed E-state index contributed by atoms with van der Waals surface area (Å²) >= 11 is 0. The molecule has 1 atom stereocenters.